The third-order valence-electron chi connectivity index (χ3n) is 2.20. The van der Waals surface area contributed by atoms with Gasteiger partial charge in [-0.3, -0.25) is 4.79 Å². The lowest BCUT2D eigenvalue weighted by Crippen LogP contribution is -2.10. The summed E-state index contributed by atoms with van der Waals surface area (Å²) in [5, 5.41) is 8.80. The van der Waals surface area contributed by atoms with Crippen LogP contribution in [-0.2, 0) is 16.0 Å². The maximum absolute atomic E-state index is 12.8. The van der Waals surface area contributed by atoms with Gasteiger partial charge in [0.15, 0.2) is 11.4 Å². The lowest BCUT2D eigenvalue weighted by atomic mass is 10.1. The number of methoxy groups -OCH3 is 2. The van der Waals surface area contributed by atoms with Crippen LogP contribution < -0.4 is 4.74 Å². The molecule has 0 radical (unpaired) electrons. The van der Waals surface area contributed by atoms with E-state index in [2.05, 4.69) is 9.72 Å². The predicted octanol–water partition coefficient (Wildman–Crippen LogP) is 1.61. The molecule has 0 aliphatic heterocycles. The topological polar surface area (TPSA) is 72.2 Å². The van der Waals surface area contributed by atoms with Crippen molar-refractivity contribution < 1.29 is 23.0 Å². The lowest BCUT2D eigenvalue weighted by molar-refractivity contribution is -0.139. The molecule has 0 unspecified atom stereocenters. The average molecular weight is 256 g/mol. The molecule has 0 N–H and O–H groups in total. The Balaban J connectivity index is 3.30. The van der Waals surface area contributed by atoms with E-state index < -0.39 is 24.4 Å². The molecule has 7 heteroatoms. The number of esters is 1. The van der Waals surface area contributed by atoms with Gasteiger partial charge in [0.1, 0.15) is 6.07 Å². The molecule has 0 fully saturated rings. The van der Waals surface area contributed by atoms with Gasteiger partial charge in [0.05, 0.1) is 26.3 Å². The predicted molar refractivity (Wildman–Crippen MR) is 56.2 cm³/mol. The van der Waals surface area contributed by atoms with Gasteiger partial charge in [0.25, 0.3) is 6.43 Å². The van der Waals surface area contributed by atoms with Gasteiger partial charge in [0, 0.05) is 5.56 Å². The minimum Gasteiger partial charge on any atom is -0.494 e. The fraction of sp³-hybridized carbons (Fsp3) is 0.364. The maximum atomic E-state index is 12.8. The summed E-state index contributed by atoms with van der Waals surface area (Å²) in [6.45, 7) is 0. The SMILES string of the molecule is COC(=O)Cc1nc(C#N)c(OC)cc1C(F)F. The van der Waals surface area contributed by atoms with E-state index in [4.69, 9.17) is 10.00 Å². The van der Waals surface area contributed by atoms with Gasteiger partial charge in [-0.05, 0) is 6.07 Å². The van der Waals surface area contributed by atoms with Crippen LogP contribution in [0.15, 0.2) is 6.07 Å². The quantitative estimate of drug-likeness (QED) is 0.765. The Labute approximate surface area is 102 Å². The summed E-state index contributed by atoms with van der Waals surface area (Å²) in [6.07, 6.45) is -3.24. The standard InChI is InChI=1S/C11H10F2N2O3/c1-17-9-3-6(11(12)13)7(4-10(16)18-2)15-8(9)5-14/h3,11H,4H2,1-2H3. The maximum Gasteiger partial charge on any atom is 0.311 e. The van der Waals surface area contributed by atoms with Crippen molar-refractivity contribution in [3.63, 3.8) is 0 Å². The molecule has 0 aromatic carbocycles. The second-order valence-corrected chi connectivity index (χ2v) is 3.24. The number of nitrogens with zero attached hydrogens (tertiary/aromatic N) is 2. The smallest absolute Gasteiger partial charge is 0.311 e. The number of pyridine rings is 1. The van der Waals surface area contributed by atoms with Crippen molar-refractivity contribution in [2.75, 3.05) is 14.2 Å². The van der Waals surface area contributed by atoms with Crippen molar-refractivity contribution in [2.45, 2.75) is 12.8 Å². The number of aromatic nitrogens is 1. The summed E-state index contributed by atoms with van der Waals surface area (Å²) in [6, 6.07) is 2.72. The van der Waals surface area contributed by atoms with E-state index in [1.807, 2.05) is 0 Å². The number of hydrogen-bond donors (Lipinski definition) is 0. The van der Waals surface area contributed by atoms with E-state index >= 15 is 0 Å². The molecule has 5 nitrogen and oxygen atoms in total. The highest BCUT2D eigenvalue weighted by Gasteiger charge is 2.21. The molecular weight excluding hydrogens is 246 g/mol. The third kappa shape index (κ3) is 2.91. The number of alkyl halides is 2. The highest BCUT2D eigenvalue weighted by Crippen LogP contribution is 2.28. The monoisotopic (exact) mass is 256 g/mol. The highest BCUT2D eigenvalue weighted by molar-refractivity contribution is 5.72. The molecule has 0 saturated carbocycles. The minimum absolute atomic E-state index is 0.0542. The fourth-order valence-electron chi connectivity index (χ4n) is 1.32. The van der Waals surface area contributed by atoms with Crippen molar-refractivity contribution in [3.8, 4) is 11.8 Å². The van der Waals surface area contributed by atoms with E-state index in [-0.39, 0.29) is 17.1 Å². The van der Waals surface area contributed by atoms with Gasteiger partial charge < -0.3 is 9.47 Å². The van der Waals surface area contributed by atoms with Gasteiger partial charge in [-0.1, -0.05) is 0 Å². The molecule has 0 bridgehead atoms. The summed E-state index contributed by atoms with van der Waals surface area (Å²) in [4.78, 5) is 14.8. The van der Waals surface area contributed by atoms with Crippen LogP contribution in [0.3, 0.4) is 0 Å². The van der Waals surface area contributed by atoms with Gasteiger partial charge in [-0.2, -0.15) is 5.26 Å². The van der Waals surface area contributed by atoms with Crippen molar-refractivity contribution in [1.82, 2.24) is 4.98 Å². The second-order valence-electron chi connectivity index (χ2n) is 3.24. The number of carbonyl (C=O) groups is 1. The van der Waals surface area contributed by atoms with Crippen molar-refractivity contribution in [1.29, 1.82) is 5.26 Å². The molecule has 1 heterocycles. The van der Waals surface area contributed by atoms with Crippen LogP contribution in [0.5, 0.6) is 5.75 Å². The second kappa shape index (κ2) is 5.91. The minimum atomic E-state index is -2.82. The molecule has 0 spiro atoms. The molecule has 1 rings (SSSR count). The lowest BCUT2D eigenvalue weighted by Gasteiger charge is -2.10. The van der Waals surface area contributed by atoms with E-state index in [1.165, 1.54) is 7.11 Å². The van der Waals surface area contributed by atoms with Gasteiger partial charge >= 0.3 is 5.97 Å². The van der Waals surface area contributed by atoms with Crippen molar-refractivity contribution in [2.24, 2.45) is 0 Å². The Kier molecular flexibility index (Phi) is 4.54. The Morgan fingerprint density at radius 3 is 2.67 bits per heavy atom. The van der Waals surface area contributed by atoms with Crippen molar-refractivity contribution >= 4 is 5.97 Å². The van der Waals surface area contributed by atoms with Crippen LogP contribution in [0.1, 0.15) is 23.4 Å². The molecule has 0 amide bonds. The average Bonchev–Trinajstić information content (AvgIpc) is 2.37. The zero-order valence-corrected chi connectivity index (χ0v) is 9.74. The molecule has 1 aromatic rings. The molecule has 0 aliphatic carbocycles. The Bertz CT molecular complexity index is 498. The van der Waals surface area contributed by atoms with Crippen LogP contribution in [0.2, 0.25) is 0 Å². The largest absolute Gasteiger partial charge is 0.494 e. The van der Waals surface area contributed by atoms with Crippen LogP contribution in [-0.4, -0.2) is 25.2 Å². The number of ether oxygens (including phenoxy) is 2. The summed E-state index contributed by atoms with van der Waals surface area (Å²) in [7, 11) is 2.38. The zero-order chi connectivity index (χ0) is 13.7. The zero-order valence-electron chi connectivity index (χ0n) is 9.74. The Hall–Kier alpha value is -2.23. The number of carbonyl (C=O) groups excluding carboxylic acids is 1. The molecular formula is C11H10F2N2O3. The Morgan fingerprint density at radius 2 is 2.22 bits per heavy atom. The van der Waals surface area contributed by atoms with E-state index in [0.29, 0.717) is 0 Å². The third-order valence-corrected chi connectivity index (χ3v) is 2.20. The van der Waals surface area contributed by atoms with Gasteiger partial charge in [-0.25, -0.2) is 13.8 Å². The number of hydrogen-bond acceptors (Lipinski definition) is 5. The molecule has 1 aromatic heterocycles. The molecule has 0 saturated heterocycles. The van der Waals surface area contributed by atoms with Gasteiger partial charge in [0.2, 0.25) is 0 Å². The first-order valence-corrected chi connectivity index (χ1v) is 4.86. The molecule has 18 heavy (non-hydrogen) atoms. The van der Waals surface area contributed by atoms with Gasteiger partial charge in [-0.15, -0.1) is 0 Å². The highest BCUT2D eigenvalue weighted by atomic mass is 19.3. The van der Waals surface area contributed by atoms with Crippen LogP contribution in [0, 0.1) is 11.3 Å². The molecule has 96 valence electrons. The van der Waals surface area contributed by atoms with Crippen molar-refractivity contribution in [3.05, 3.63) is 23.0 Å². The van der Waals surface area contributed by atoms with E-state index in [0.717, 1.165) is 13.2 Å². The summed E-state index contributed by atoms with van der Waals surface area (Å²) < 4.78 is 34.8. The Morgan fingerprint density at radius 1 is 1.56 bits per heavy atom. The number of rotatable bonds is 4. The summed E-state index contributed by atoms with van der Waals surface area (Å²) in [5.41, 5.74) is -0.786. The molecule has 0 atom stereocenters. The first kappa shape index (κ1) is 13.8. The van der Waals surface area contributed by atoms with Crippen LogP contribution in [0.25, 0.3) is 0 Å². The first-order valence-electron chi connectivity index (χ1n) is 4.86. The van der Waals surface area contributed by atoms with E-state index in [9.17, 15) is 13.6 Å². The summed E-state index contributed by atoms with van der Waals surface area (Å²) in [5.74, 6) is -0.764. The normalized spacial score (nSPS) is 10.0. The molecule has 0 aliphatic rings. The fourth-order valence-corrected chi connectivity index (χ4v) is 1.32. The van der Waals surface area contributed by atoms with E-state index in [1.54, 1.807) is 6.07 Å². The number of halogens is 2. The number of nitriles is 1. The van der Waals surface area contributed by atoms with Crippen LogP contribution in [0.4, 0.5) is 8.78 Å². The summed E-state index contributed by atoms with van der Waals surface area (Å²) >= 11 is 0. The van der Waals surface area contributed by atoms with Crippen LogP contribution >= 0.6 is 0 Å². The first-order chi connectivity index (χ1) is 8.53.